The monoisotopic (exact) mass is 249 g/mol. The molecule has 0 aliphatic heterocycles. The third kappa shape index (κ3) is 5.61. The Bertz CT molecular complexity index is 315. The lowest BCUT2D eigenvalue weighted by Gasteiger charge is -2.18. The molecule has 0 rings (SSSR count). The van der Waals surface area contributed by atoms with Crippen molar-refractivity contribution in [2.75, 3.05) is 12.3 Å². The minimum atomic E-state index is -3.17. The van der Waals surface area contributed by atoms with Crippen LogP contribution in [0.3, 0.4) is 0 Å². The van der Waals surface area contributed by atoms with Crippen LogP contribution in [0.2, 0.25) is 0 Å². The number of carbonyl (C=O) groups excluding carboxylic acids is 1. The average molecular weight is 249 g/mol. The van der Waals surface area contributed by atoms with Gasteiger partial charge >= 0.3 is 0 Å². The Morgan fingerprint density at radius 3 is 2.12 bits per heavy atom. The van der Waals surface area contributed by atoms with Crippen molar-refractivity contribution < 1.29 is 13.2 Å². The second kappa shape index (κ2) is 6.35. The Labute approximate surface area is 98.5 Å². The number of unbranched alkanes of at least 4 members (excludes halogenated alkanes) is 1. The van der Waals surface area contributed by atoms with E-state index in [4.69, 9.17) is 5.73 Å². The highest BCUT2D eigenvalue weighted by atomic mass is 32.2. The highest BCUT2D eigenvalue weighted by molar-refractivity contribution is 7.92. The SMILES string of the molecule is CC(C)(C)S(=O)(=O)CCC(=O)CCCCN. The van der Waals surface area contributed by atoms with Crippen LogP contribution in [0, 0.1) is 0 Å². The number of ketones is 1. The predicted molar refractivity (Wildman–Crippen MR) is 66.1 cm³/mol. The molecule has 0 aromatic heterocycles. The molecule has 0 amide bonds. The molecule has 0 spiro atoms. The van der Waals surface area contributed by atoms with Gasteiger partial charge in [-0.3, -0.25) is 4.79 Å². The maximum atomic E-state index is 11.7. The van der Waals surface area contributed by atoms with Gasteiger partial charge in [0.1, 0.15) is 5.78 Å². The van der Waals surface area contributed by atoms with E-state index in [0.717, 1.165) is 12.8 Å². The van der Waals surface area contributed by atoms with Crippen LogP contribution >= 0.6 is 0 Å². The first-order valence-electron chi connectivity index (χ1n) is 5.65. The molecule has 4 nitrogen and oxygen atoms in total. The lowest BCUT2D eigenvalue weighted by atomic mass is 10.1. The van der Waals surface area contributed by atoms with Crippen LogP contribution in [0.15, 0.2) is 0 Å². The molecule has 2 N–H and O–H groups in total. The van der Waals surface area contributed by atoms with Crippen LogP contribution in [0.25, 0.3) is 0 Å². The van der Waals surface area contributed by atoms with Gasteiger partial charge in [-0.05, 0) is 40.2 Å². The van der Waals surface area contributed by atoms with Crippen molar-refractivity contribution >= 4 is 15.6 Å². The van der Waals surface area contributed by atoms with E-state index in [9.17, 15) is 13.2 Å². The smallest absolute Gasteiger partial charge is 0.155 e. The summed E-state index contributed by atoms with van der Waals surface area (Å²) in [6, 6.07) is 0. The number of carbonyl (C=O) groups is 1. The van der Waals surface area contributed by atoms with E-state index in [1.54, 1.807) is 20.8 Å². The molecule has 0 fully saturated rings. The molecule has 0 atom stereocenters. The van der Waals surface area contributed by atoms with E-state index >= 15 is 0 Å². The fourth-order valence-corrected chi connectivity index (χ4v) is 2.25. The third-order valence-electron chi connectivity index (χ3n) is 2.49. The van der Waals surface area contributed by atoms with Crippen LogP contribution in [-0.2, 0) is 14.6 Å². The molecular weight excluding hydrogens is 226 g/mol. The van der Waals surface area contributed by atoms with Gasteiger partial charge in [-0.1, -0.05) is 0 Å². The van der Waals surface area contributed by atoms with Gasteiger partial charge in [0.05, 0.1) is 10.5 Å². The highest BCUT2D eigenvalue weighted by Gasteiger charge is 2.28. The van der Waals surface area contributed by atoms with Crippen molar-refractivity contribution in [2.24, 2.45) is 5.73 Å². The molecule has 0 aliphatic rings. The van der Waals surface area contributed by atoms with Crippen molar-refractivity contribution in [3.05, 3.63) is 0 Å². The summed E-state index contributed by atoms with van der Waals surface area (Å²) in [5, 5.41) is 0. The van der Waals surface area contributed by atoms with Crippen LogP contribution in [0.4, 0.5) is 0 Å². The lowest BCUT2D eigenvalue weighted by molar-refractivity contribution is -0.118. The molecule has 5 heteroatoms. The first-order valence-corrected chi connectivity index (χ1v) is 7.30. The minimum absolute atomic E-state index is 0.0151. The summed E-state index contributed by atoms with van der Waals surface area (Å²) < 4.78 is 22.7. The number of Topliss-reactive ketones (excluding diaryl/α,β-unsaturated/α-hetero) is 1. The van der Waals surface area contributed by atoms with E-state index in [2.05, 4.69) is 0 Å². The molecule has 0 bridgehead atoms. The minimum Gasteiger partial charge on any atom is -0.330 e. The second-order valence-electron chi connectivity index (χ2n) is 4.97. The molecule has 0 aromatic carbocycles. The quantitative estimate of drug-likeness (QED) is 0.690. The molecule has 0 saturated heterocycles. The highest BCUT2D eigenvalue weighted by Crippen LogP contribution is 2.17. The number of nitrogens with two attached hydrogens (primary N) is 1. The summed E-state index contributed by atoms with van der Waals surface area (Å²) in [6.45, 7) is 5.54. The van der Waals surface area contributed by atoms with Crippen molar-refractivity contribution in [1.82, 2.24) is 0 Å². The largest absolute Gasteiger partial charge is 0.330 e. The van der Waals surface area contributed by atoms with Gasteiger partial charge in [0.25, 0.3) is 0 Å². The fourth-order valence-electron chi connectivity index (χ4n) is 1.15. The lowest BCUT2D eigenvalue weighted by Crippen LogP contribution is -2.31. The van der Waals surface area contributed by atoms with E-state index in [0.29, 0.717) is 13.0 Å². The normalized spacial score (nSPS) is 12.8. The summed E-state index contributed by atoms with van der Waals surface area (Å²) >= 11 is 0. The first-order chi connectivity index (χ1) is 7.20. The summed E-state index contributed by atoms with van der Waals surface area (Å²) in [5.41, 5.74) is 5.31. The van der Waals surface area contributed by atoms with Crippen LogP contribution in [0.5, 0.6) is 0 Å². The standard InChI is InChI=1S/C11H23NO3S/c1-11(2,3)16(14,15)9-7-10(13)6-4-5-8-12/h4-9,12H2,1-3H3. The number of hydrogen-bond acceptors (Lipinski definition) is 4. The zero-order valence-corrected chi connectivity index (χ0v) is 11.3. The predicted octanol–water partition coefficient (Wildman–Crippen LogP) is 1.29. The molecular formula is C11H23NO3S. The number of hydrogen-bond donors (Lipinski definition) is 1. The second-order valence-corrected chi connectivity index (χ2v) is 7.83. The average Bonchev–Trinajstić information content (AvgIpc) is 2.13. The van der Waals surface area contributed by atoms with Gasteiger partial charge in [0, 0.05) is 12.8 Å². The van der Waals surface area contributed by atoms with Gasteiger partial charge in [-0.15, -0.1) is 0 Å². The van der Waals surface area contributed by atoms with Crippen molar-refractivity contribution in [3.8, 4) is 0 Å². The Morgan fingerprint density at radius 1 is 1.12 bits per heavy atom. The van der Waals surface area contributed by atoms with Crippen molar-refractivity contribution in [2.45, 2.75) is 51.2 Å². The zero-order chi connectivity index (χ0) is 12.8. The van der Waals surface area contributed by atoms with Crippen LogP contribution in [0.1, 0.15) is 46.5 Å². The summed E-state index contributed by atoms with van der Waals surface area (Å²) in [5.74, 6) is -0.0286. The Balaban J connectivity index is 4.02. The zero-order valence-electron chi connectivity index (χ0n) is 10.5. The number of sulfone groups is 1. The van der Waals surface area contributed by atoms with E-state index < -0.39 is 14.6 Å². The summed E-state index contributed by atoms with van der Waals surface area (Å²) in [4.78, 5) is 11.4. The maximum Gasteiger partial charge on any atom is 0.155 e. The Morgan fingerprint density at radius 2 is 1.69 bits per heavy atom. The molecule has 0 aliphatic carbocycles. The molecule has 16 heavy (non-hydrogen) atoms. The molecule has 0 radical (unpaired) electrons. The first kappa shape index (κ1) is 15.6. The Kier molecular flexibility index (Phi) is 6.18. The van der Waals surface area contributed by atoms with Gasteiger partial charge < -0.3 is 5.73 Å². The molecule has 0 saturated carbocycles. The van der Waals surface area contributed by atoms with Crippen LogP contribution < -0.4 is 5.73 Å². The van der Waals surface area contributed by atoms with Crippen molar-refractivity contribution in [1.29, 1.82) is 0 Å². The fraction of sp³-hybridized carbons (Fsp3) is 0.909. The van der Waals surface area contributed by atoms with E-state index in [1.165, 1.54) is 0 Å². The number of rotatable bonds is 7. The van der Waals surface area contributed by atoms with Gasteiger partial charge in [-0.25, -0.2) is 8.42 Å². The summed E-state index contributed by atoms with van der Waals surface area (Å²) in [7, 11) is -3.17. The van der Waals surface area contributed by atoms with E-state index in [1.807, 2.05) is 0 Å². The molecule has 96 valence electrons. The maximum absolute atomic E-state index is 11.7. The van der Waals surface area contributed by atoms with Gasteiger partial charge in [-0.2, -0.15) is 0 Å². The third-order valence-corrected chi connectivity index (χ3v) is 5.10. The van der Waals surface area contributed by atoms with Gasteiger partial charge in [0.15, 0.2) is 9.84 Å². The molecule has 0 unspecified atom stereocenters. The molecule has 0 aromatic rings. The summed E-state index contributed by atoms with van der Waals surface area (Å²) in [6.07, 6.45) is 2.14. The van der Waals surface area contributed by atoms with Gasteiger partial charge in [0.2, 0.25) is 0 Å². The van der Waals surface area contributed by atoms with Crippen molar-refractivity contribution in [3.63, 3.8) is 0 Å². The molecule has 0 heterocycles. The topological polar surface area (TPSA) is 77.2 Å². The Hall–Kier alpha value is -0.420. The van der Waals surface area contributed by atoms with Crippen LogP contribution in [-0.4, -0.2) is 31.2 Å². The van der Waals surface area contributed by atoms with E-state index in [-0.39, 0.29) is 18.0 Å².